The Balaban J connectivity index is 3.37. The van der Waals surface area contributed by atoms with Gasteiger partial charge >= 0.3 is 0 Å². The number of hydrogen-bond donors (Lipinski definition) is 0. The highest BCUT2D eigenvalue weighted by molar-refractivity contribution is 5.52. The smallest absolute Gasteiger partial charge is 0.201 e. The molecule has 0 amide bonds. The van der Waals surface area contributed by atoms with Crippen LogP contribution in [0.5, 0.6) is 5.75 Å². The van der Waals surface area contributed by atoms with Crippen molar-refractivity contribution in [2.75, 3.05) is 7.11 Å². The molecule has 0 saturated carbocycles. The van der Waals surface area contributed by atoms with Crippen molar-refractivity contribution in [1.82, 2.24) is 0 Å². The van der Waals surface area contributed by atoms with E-state index in [-0.39, 0.29) is 5.69 Å². The largest absolute Gasteiger partial charge is 0.493 e. The molecular formula is C7H5F2N3O. The van der Waals surface area contributed by atoms with E-state index in [0.717, 1.165) is 19.2 Å². The molecule has 1 aromatic carbocycles. The minimum atomic E-state index is -1.16. The Bertz CT molecular complexity index is 374. The Morgan fingerprint density at radius 2 is 2.15 bits per heavy atom. The highest BCUT2D eigenvalue weighted by Crippen LogP contribution is 2.31. The van der Waals surface area contributed by atoms with Gasteiger partial charge in [0.05, 0.1) is 12.8 Å². The summed E-state index contributed by atoms with van der Waals surface area (Å²) in [6.07, 6.45) is 0. The van der Waals surface area contributed by atoms with E-state index < -0.39 is 17.4 Å². The van der Waals surface area contributed by atoms with Gasteiger partial charge in [-0.25, -0.2) is 4.39 Å². The summed E-state index contributed by atoms with van der Waals surface area (Å²) in [5.74, 6) is -2.60. The normalized spacial score (nSPS) is 9.15. The van der Waals surface area contributed by atoms with Crippen molar-refractivity contribution in [2.45, 2.75) is 0 Å². The topological polar surface area (TPSA) is 58.0 Å². The van der Waals surface area contributed by atoms with Gasteiger partial charge in [0.2, 0.25) is 5.82 Å². The molecule has 0 aromatic heterocycles. The summed E-state index contributed by atoms with van der Waals surface area (Å²) in [5, 5.41) is 3.13. The number of rotatable bonds is 2. The molecule has 0 unspecified atom stereocenters. The third kappa shape index (κ3) is 1.68. The van der Waals surface area contributed by atoms with Crippen LogP contribution in [0, 0.1) is 11.6 Å². The minimum Gasteiger partial charge on any atom is -0.493 e. The summed E-state index contributed by atoms with van der Waals surface area (Å²) in [7, 11) is 1.16. The van der Waals surface area contributed by atoms with Crippen molar-refractivity contribution in [3.05, 3.63) is 34.2 Å². The molecule has 0 atom stereocenters. The number of nitrogens with zero attached hydrogens (tertiary/aromatic N) is 3. The molecule has 0 spiro atoms. The molecule has 0 bridgehead atoms. The zero-order valence-electron chi connectivity index (χ0n) is 6.66. The van der Waals surface area contributed by atoms with Crippen LogP contribution in [0.4, 0.5) is 14.5 Å². The molecule has 0 aliphatic rings. The summed E-state index contributed by atoms with van der Waals surface area (Å²) >= 11 is 0. The molecule has 68 valence electrons. The maximum atomic E-state index is 12.9. The van der Waals surface area contributed by atoms with Crippen molar-refractivity contribution in [2.24, 2.45) is 5.11 Å². The van der Waals surface area contributed by atoms with Gasteiger partial charge in [-0.05, 0) is 17.7 Å². The van der Waals surface area contributed by atoms with E-state index in [1.165, 1.54) is 0 Å². The van der Waals surface area contributed by atoms with E-state index in [1.54, 1.807) is 0 Å². The fourth-order valence-corrected chi connectivity index (χ4v) is 0.843. The molecule has 0 N–H and O–H groups in total. The summed E-state index contributed by atoms with van der Waals surface area (Å²) in [6, 6.07) is 2.00. The first kappa shape index (κ1) is 9.28. The molecule has 1 rings (SSSR count). The van der Waals surface area contributed by atoms with Crippen molar-refractivity contribution in [3.63, 3.8) is 0 Å². The quantitative estimate of drug-likeness (QED) is 0.397. The van der Waals surface area contributed by atoms with Gasteiger partial charge < -0.3 is 4.74 Å². The third-order valence-corrected chi connectivity index (χ3v) is 1.39. The first-order valence-electron chi connectivity index (χ1n) is 3.27. The van der Waals surface area contributed by atoms with Crippen LogP contribution in [0.1, 0.15) is 0 Å². The highest BCUT2D eigenvalue weighted by atomic mass is 19.2. The van der Waals surface area contributed by atoms with Gasteiger partial charge in [-0.2, -0.15) is 4.39 Å². The second-order valence-corrected chi connectivity index (χ2v) is 2.10. The number of halogens is 2. The van der Waals surface area contributed by atoms with E-state index in [0.29, 0.717) is 0 Å². The predicted molar refractivity (Wildman–Crippen MR) is 41.7 cm³/mol. The van der Waals surface area contributed by atoms with Crippen LogP contribution >= 0.6 is 0 Å². The van der Waals surface area contributed by atoms with E-state index in [9.17, 15) is 8.78 Å². The Hall–Kier alpha value is -1.81. The van der Waals surface area contributed by atoms with Gasteiger partial charge in [0.15, 0.2) is 11.6 Å². The molecule has 0 fully saturated rings. The maximum Gasteiger partial charge on any atom is 0.201 e. The molecule has 0 radical (unpaired) electrons. The lowest BCUT2D eigenvalue weighted by Gasteiger charge is -2.04. The van der Waals surface area contributed by atoms with Crippen molar-refractivity contribution >= 4 is 5.69 Å². The van der Waals surface area contributed by atoms with Crippen LogP contribution in [-0.2, 0) is 0 Å². The van der Waals surface area contributed by atoms with Crippen LogP contribution in [0.25, 0.3) is 10.4 Å². The molecule has 13 heavy (non-hydrogen) atoms. The minimum absolute atomic E-state index is 0.0797. The molecule has 0 aliphatic heterocycles. The maximum absolute atomic E-state index is 12.9. The van der Waals surface area contributed by atoms with Gasteiger partial charge in [0.25, 0.3) is 0 Å². The fourth-order valence-electron chi connectivity index (χ4n) is 0.843. The van der Waals surface area contributed by atoms with E-state index in [1.807, 2.05) is 0 Å². The summed E-state index contributed by atoms with van der Waals surface area (Å²) in [6.45, 7) is 0. The van der Waals surface area contributed by atoms with Crippen LogP contribution < -0.4 is 4.74 Å². The van der Waals surface area contributed by atoms with Crippen molar-refractivity contribution in [3.8, 4) is 5.75 Å². The fraction of sp³-hybridized carbons (Fsp3) is 0.143. The highest BCUT2D eigenvalue weighted by Gasteiger charge is 2.12. The standard InChI is InChI=1S/C7H5F2N3O/c1-13-7-5(11-12-10)3-2-4(8)6(7)9/h2-3H,1H3. The second-order valence-electron chi connectivity index (χ2n) is 2.10. The first-order valence-corrected chi connectivity index (χ1v) is 3.27. The zero-order valence-corrected chi connectivity index (χ0v) is 6.66. The summed E-state index contributed by atoms with van der Waals surface area (Å²) in [5.41, 5.74) is 8.01. The van der Waals surface area contributed by atoms with Crippen LogP contribution in [0.2, 0.25) is 0 Å². The molecule has 0 heterocycles. The van der Waals surface area contributed by atoms with Gasteiger partial charge in [-0.15, -0.1) is 0 Å². The SMILES string of the molecule is COc1c(N=[N+]=[N-])ccc(F)c1F. The summed E-state index contributed by atoms with van der Waals surface area (Å²) in [4.78, 5) is 2.44. The lowest BCUT2D eigenvalue weighted by Crippen LogP contribution is -1.91. The Kier molecular flexibility index (Phi) is 2.66. The van der Waals surface area contributed by atoms with Gasteiger partial charge in [0.1, 0.15) is 0 Å². The van der Waals surface area contributed by atoms with E-state index in [4.69, 9.17) is 5.53 Å². The summed E-state index contributed by atoms with van der Waals surface area (Å²) < 4.78 is 30.0. The molecule has 4 nitrogen and oxygen atoms in total. The van der Waals surface area contributed by atoms with Gasteiger partial charge in [-0.1, -0.05) is 5.11 Å². The van der Waals surface area contributed by atoms with Crippen LogP contribution in [0.3, 0.4) is 0 Å². The van der Waals surface area contributed by atoms with Crippen molar-refractivity contribution in [1.29, 1.82) is 0 Å². The number of ether oxygens (including phenoxy) is 1. The van der Waals surface area contributed by atoms with E-state index in [2.05, 4.69) is 14.8 Å². The number of methoxy groups -OCH3 is 1. The molecule has 0 saturated heterocycles. The monoisotopic (exact) mass is 185 g/mol. The van der Waals surface area contributed by atoms with Crippen LogP contribution in [0.15, 0.2) is 17.2 Å². The third-order valence-electron chi connectivity index (χ3n) is 1.39. The first-order chi connectivity index (χ1) is 6.20. The Labute approximate surface area is 72.4 Å². The lowest BCUT2D eigenvalue weighted by molar-refractivity contribution is 0.373. The Morgan fingerprint density at radius 1 is 1.46 bits per heavy atom. The zero-order chi connectivity index (χ0) is 9.84. The number of benzene rings is 1. The average molecular weight is 185 g/mol. The number of azide groups is 1. The number of hydrogen-bond acceptors (Lipinski definition) is 2. The Morgan fingerprint density at radius 3 is 2.69 bits per heavy atom. The van der Waals surface area contributed by atoms with E-state index >= 15 is 0 Å². The predicted octanol–water partition coefficient (Wildman–Crippen LogP) is 2.92. The lowest BCUT2D eigenvalue weighted by atomic mass is 10.3. The second kappa shape index (κ2) is 3.73. The molecule has 1 aromatic rings. The molecule has 0 aliphatic carbocycles. The molecular weight excluding hydrogens is 180 g/mol. The van der Waals surface area contributed by atoms with Crippen LogP contribution in [-0.4, -0.2) is 7.11 Å². The van der Waals surface area contributed by atoms with Gasteiger partial charge in [-0.3, -0.25) is 0 Å². The van der Waals surface area contributed by atoms with Crippen molar-refractivity contribution < 1.29 is 13.5 Å². The van der Waals surface area contributed by atoms with Gasteiger partial charge in [0, 0.05) is 4.91 Å². The average Bonchev–Trinajstić information content (AvgIpc) is 2.12. The molecule has 6 heteroatoms.